The van der Waals surface area contributed by atoms with Crippen molar-refractivity contribution in [3.05, 3.63) is 52.0 Å². The van der Waals surface area contributed by atoms with E-state index in [0.29, 0.717) is 12.3 Å². The number of aryl methyl sites for hydroxylation is 1. The van der Waals surface area contributed by atoms with Crippen molar-refractivity contribution in [2.75, 3.05) is 18.6 Å². The predicted molar refractivity (Wildman–Crippen MR) is 108 cm³/mol. The van der Waals surface area contributed by atoms with Crippen LogP contribution in [0.3, 0.4) is 0 Å². The van der Waals surface area contributed by atoms with Gasteiger partial charge in [0.25, 0.3) is 0 Å². The quantitative estimate of drug-likeness (QED) is 0.755. The van der Waals surface area contributed by atoms with Crippen molar-refractivity contribution in [3.8, 4) is 5.75 Å². The fourth-order valence-corrected chi connectivity index (χ4v) is 4.67. The first kappa shape index (κ1) is 19.9. The number of methoxy groups -OCH3 is 1. The van der Waals surface area contributed by atoms with Crippen molar-refractivity contribution in [3.63, 3.8) is 0 Å². The largest absolute Gasteiger partial charge is 0.496 e. The van der Waals surface area contributed by atoms with Gasteiger partial charge in [-0.2, -0.15) is 0 Å². The molecule has 0 spiro atoms. The molecule has 8 heteroatoms. The van der Waals surface area contributed by atoms with Crippen LogP contribution in [-0.4, -0.2) is 28.0 Å². The normalized spacial score (nSPS) is 14.0. The molecule has 27 heavy (non-hydrogen) atoms. The van der Waals surface area contributed by atoms with Gasteiger partial charge in [-0.1, -0.05) is 15.9 Å². The van der Waals surface area contributed by atoms with E-state index in [1.165, 1.54) is 6.92 Å². The van der Waals surface area contributed by atoms with Crippen molar-refractivity contribution in [2.24, 2.45) is 0 Å². The molecule has 2 aromatic rings. The molecule has 144 valence electrons. The Kier molecular flexibility index (Phi) is 5.88. The molecule has 0 aromatic heterocycles. The summed E-state index contributed by atoms with van der Waals surface area (Å²) in [5.74, 6) is 0.579. The Labute approximate surface area is 167 Å². The highest BCUT2D eigenvalue weighted by Crippen LogP contribution is 2.30. The lowest BCUT2D eigenvalue weighted by Crippen LogP contribution is -2.33. The van der Waals surface area contributed by atoms with Crippen molar-refractivity contribution >= 4 is 37.5 Å². The van der Waals surface area contributed by atoms with E-state index in [1.54, 1.807) is 36.3 Å². The number of nitrogens with zero attached hydrogens (tertiary/aromatic N) is 1. The molecule has 1 N–H and O–H groups in total. The molecule has 1 amide bonds. The van der Waals surface area contributed by atoms with Gasteiger partial charge in [0.2, 0.25) is 15.9 Å². The summed E-state index contributed by atoms with van der Waals surface area (Å²) in [5.41, 5.74) is 2.40. The summed E-state index contributed by atoms with van der Waals surface area (Å²) in [6, 6.07) is 10.3. The monoisotopic (exact) mass is 452 g/mol. The van der Waals surface area contributed by atoms with Crippen molar-refractivity contribution in [2.45, 2.75) is 31.2 Å². The Morgan fingerprint density at radius 1 is 1.26 bits per heavy atom. The standard InChI is InChI=1S/C19H21BrN2O4S/c1-13(23)22-9-3-4-14-11-17(6-7-18(14)22)27(24,25)21-12-15-10-16(20)5-8-19(15)26-2/h5-8,10-11,21H,3-4,9,12H2,1-2H3. The van der Waals surface area contributed by atoms with E-state index < -0.39 is 10.0 Å². The molecule has 0 saturated heterocycles. The molecule has 0 radical (unpaired) electrons. The van der Waals surface area contributed by atoms with Gasteiger partial charge in [0, 0.05) is 35.7 Å². The van der Waals surface area contributed by atoms with Crippen LogP contribution < -0.4 is 14.4 Å². The molecule has 0 saturated carbocycles. The molecular weight excluding hydrogens is 432 g/mol. The van der Waals surface area contributed by atoms with Gasteiger partial charge in [-0.15, -0.1) is 0 Å². The number of ether oxygens (including phenoxy) is 1. The molecule has 1 aliphatic heterocycles. The summed E-state index contributed by atoms with van der Waals surface area (Å²) >= 11 is 3.38. The topological polar surface area (TPSA) is 75.7 Å². The Balaban J connectivity index is 1.84. The second-order valence-corrected chi connectivity index (χ2v) is 9.03. The second-order valence-electron chi connectivity index (χ2n) is 6.35. The Morgan fingerprint density at radius 3 is 2.74 bits per heavy atom. The fraction of sp³-hybridized carbons (Fsp3) is 0.316. The van der Waals surface area contributed by atoms with E-state index >= 15 is 0 Å². The van der Waals surface area contributed by atoms with Crippen molar-refractivity contribution < 1.29 is 17.9 Å². The van der Waals surface area contributed by atoms with Gasteiger partial charge < -0.3 is 9.64 Å². The third-order valence-corrected chi connectivity index (χ3v) is 6.45. The highest BCUT2D eigenvalue weighted by Gasteiger charge is 2.23. The van der Waals surface area contributed by atoms with Crippen molar-refractivity contribution in [1.29, 1.82) is 0 Å². The zero-order valence-corrected chi connectivity index (χ0v) is 17.6. The van der Waals surface area contributed by atoms with E-state index in [-0.39, 0.29) is 17.3 Å². The molecule has 6 nitrogen and oxygen atoms in total. The molecule has 0 fully saturated rings. The molecule has 0 bridgehead atoms. The van der Waals surface area contributed by atoms with Gasteiger partial charge in [-0.3, -0.25) is 4.79 Å². The van der Waals surface area contributed by atoms with E-state index in [0.717, 1.165) is 34.1 Å². The summed E-state index contributed by atoms with van der Waals surface area (Å²) in [7, 11) is -2.14. The summed E-state index contributed by atoms with van der Waals surface area (Å²) in [5, 5.41) is 0. The maximum Gasteiger partial charge on any atom is 0.240 e. The van der Waals surface area contributed by atoms with Gasteiger partial charge in [0.15, 0.2) is 0 Å². The highest BCUT2D eigenvalue weighted by molar-refractivity contribution is 9.10. The smallest absolute Gasteiger partial charge is 0.240 e. The van der Waals surface area contributed by atoms with E-state index in [1.807, 2.05) is 12.1 Å². The first-order valence-electron chi connectivity index (χ1n) is 8.55. The van der Waals surface area contributed by atoms with Crippen LogP contribution in [0.4, 0.5) is 5.69 Å². The number of fused-ring (bicyclic) bond motifs is 1. The van der Waals surface area contributed by atoms with Crippen LogP contribution in [0, 0.1) is 0 Å². The minimum atomic E-state index is -3.69. The predicted octanol–water partition coefficient (Wildman–Crippen LogP) is 3.24. The molecule has 1 aliphatic rings. The van der Waals surface area contributed by atoms with Crippen LogP contribution in [0.15, 0.2) is 45.8 Å². The average Bonchev–Trinajstić information content (AvgIpc) is 2.65. The Hall–Kier alpha value is -1.90. The minimum Gasteiger partial charge on any atom is -0.496 e. The molecule has 2 aromatic carbocycles. The number of benzene rings is 2. The number of amides is 1. The summed E-state index contributed by atoms with van der Waals surface area (Å²) in [6.45, 7) is 2.30. The third-order valence-electron chi connectivity index (χ3n) is 4.56. The van der Waals surface area contributed by atoms with Gasteiger partial charge in [-0.25, -0.2) is 13.1 Å². The van der Waals surface area contributed by atoms with E-state index in [4.69, 9.17) is 4.74 Å². The number of carbonyl (C=O) groups is 1. The molecule has 0 unspecified atom stereocenters. The number of halogens is 1. The van der Waals surface area contributed by atoms with Gasteiger partial charge in [-0.05, 0) is 54.8 Å². The lowest BCUT2D eigenvalue weighted by Gasteiger charge is -2.28. The maximum absolute atomic E-state index is 12.7. The second kappa shape index (κ2) is 8.00. The van der Waals surface area contributed by atoms with E-state index in [9.17, 15) is 13.2 Å². The Morgan fingerprint density at radius 2 is 2.04 bits per heavy atom. The van der Waals surface area contributed by atoms with Crippen molar-refractivity contribution in [1.82, 2.24) is 4.72 Å². The lowest BCUT2D eigenvalue weighted by atomic mass is 10.0. The number of nitrogens with one attached hydrogen (secondary N) is 1. The number of sulfonamides is 1. The summed E-state index contributed by atoms with van der Waals surface area (Å²) < 4.78 is 34.2. The third kappa shape index (κ3) is 4.34. The zero-order chi connectivity index (χ0) is 19.6. The maximum atomic E-state index is 12.7. The fourth-order valence-electron chi connectivity index (χ4n) is 3.21. The molecule has 3 rings (SSSR count). The van der Waals surface area contributed by atoms with Gasteiger partial charge >= 0.3 is 0 Å². The number of carbonyl (C=O) groups excluding carboxylic acids is 1. The Bertz CT molecular complexity index is 976. The molecule has 0 aliphatic carbocycles. The van der Waals surface area contributed by atoms with Crippen LogP contribution in [0.2, 0.25) is 0 Å². The molecule has 0 atom stereocenters. The number of hydrogen-bond acceptors (Lipinski definition) is 4. The van der Waals surface area contributed by atoms with Crippen LogP contribution in [0.1, 0.15) is 24.5 Å². The van der Waals surface area contributed by atoms with Gasteiger partial charge in [0.05, 0.1) is 12.0 Å². The van der Waals surface area contributed by atoms with Gasteiger partial charge in [0.1, 0.15) is 5.75 Å². The number of anilines is 1. The highest BCUT2D eigenvalue weighted by atomic mass is 79.9. The summed E-state index contributed by atoms with van der Waals surface area (Å²) in [6.07, 6.45) is 1.57. The zero-order valence-electron chi connectivity index (χ0n) is 15.2. The number of hydrogen-bond donors (Lipinski definition) is 1. The lowest BCUT2D eigenvalue weighted by molar-refractivity contribution is -0.116. The van der Waals surface area contributed by atoms with Crippen LogP contribution in [0.5, 0.6) is 5.75 Å². The van der Waals surface area contributed by atoms with Crippen LogP contribution in [-0.2, 0) is 27.8 Å². The van der Waals surface area contributed by atoms with E-state index in [2.05, 4.69) is 20.7 Å². The summed E-state index contributed by atoms with van der Waals surface area (Å²) in [4.78, 5) is 13.7. The first-order valence-corrected chi connectivity index (χ1v) is 10.8. The average molecular weight is 453 g/mol. The minimum absolute atomic E-state index is 0.0357. The number of rotatable bonds is 5. The van der Waals surface area contributed by atoms with Crippen LogP contribution >= 0.6 is 15.9 Å². The SMILES string of the molecule is COc1ccc(Br)cc1CNS(=O)(=O)c1ccc2c(c1)CCCN2C(C)=O. The van der Waals surface area contributed by atoms with Crippen LogP contribution in [0.25, 0.3) is 0 Å². The molecule has 1 heterocycles. The molecular formula is C19H21BrN2O4S. The first-order chi connectivity index (χ1) is 12.8.